The van der Waals surface area contributed by atoms with Crippen LogP contribution in [-0.2, 0) is 4.79 Å². The number of hydrogen-bond acceptors (Lipinski definition) is 1. The molecule has 0 saturated carbocycles. The van der Waals surface area contributed by atoms with Crippen molar-refractivity contribution in [1.29, 1.82) is 0 Å². The Balaban J connectivity index is 3.03. The first-order valence-corrected chi connectivity index (χ1v) is 4.16. The average Bonchev–Trinajstić information content (AvgIpc) is 2.05. The summed E-state index contributed by atoms with van der Waals surface area (Å²) in [7, 11) is 1.82. The maximum absolute atomic E-state index is 11.5. The van der Waals surface area contributed by atoms with Crippen LogP contribution in [0.25, 0.3) is 0 Å². The lowest BCUT2D eigenvalue weighted by atomic mass is 10.1. The van der Waals surface area contributed by atoms with Gasteiger partial charge < -0.3 is 4.90 Å². The summed E-state index contributed by atoms with van der Waals surface area (Å²) in [6.07, 6.45) is 4.02. The molecule has 0 spiro atoms. The smallest absolute Gasteiger partial charge is 0.233 e. The molecule has 0 aromatic carbocycles. The van der Waals surface area contributed by atoms with Gasteiger partial charge in [0.25, 0.3) is 0 Å². The molecule has 2 nitrogen and oxygen atoms in total. The van der Waals surface area contributed by atoms with Gasteiger partial charge in [0.1, 0.15) is 0 Å². The summed E-state index contributed by atoms with van der Waals surface area (Å²) in [4.78, 5) is 13.2. The van der Waals surface area contributed by atoms with Crippen LogP contribution in [0.4, 0.5) is 0 Å². The second-order valence-corrected chi connectivity index (χ2v) is 3.38. The molecule has 0 unspecified atom stereocenters. The Labute approximate surface area is 73.6 Å². The normalized spacial score (nSPS) is 24.8. The van der Waals surface area contributed by atoms with E-state index in [1.807, 2.05) is 40.0 Å². The number of amides is 1. The first kappa shape index (κ1) is 9.04. The van der Waals surface area contributed by atoms with E-state index in [0.717, 1.165) is 11.3 Å². The first-order valence-electron chi connectivity index (χ1n) is 4.16. The SMILES string of the molecule is CC1=C[C@@H](C)C(=O)N(C)C(C)=C1. The second kappa shape index (κ2) is 3.13. The minimum Gasteiger partial charge on any atom is -0.319 e. The largest absolute Gasteiger partial charge is 0.319 e. The van der Waals surface area contributed by atoms with Gasteiger partial charge in [0, 0.05) is 12.7 Å². The van der Waals surface area contributed by atoms with Crippen molar-refractivity contribution in [3.8, 4) is 0 Å². The standard InChI is InChI=1S/C10H15NO/c1-7-5-8(2)10(12)11(4)9(3)6-7/h5-6,8H,1-4H3/t8-/m1/s1. The molecule has 0 radical (unpaired) electrons. The molecule has 0 bridgehead atoms. The van der Waals surface area contributed by atoms with Gasteiger partial charge in [0.2, 0.25) is 5.91 Å². The van der Waals surface area contributed by atoms with Crippen molar-refractivity contribution < 1.29 is 4.79 Å². The maximum Gasteiger partial charge on any atom is 0.233 e. The van der Waals surface area contributed by atoms with Crippen LogP contribution < -0.4 is 0 Å². The monoisotopic (exact) mass is 165 g/mol. The van der Waals surface area contributed by atoms with Gasteiger partial charge in [-0.25, -0.2) is 0 Å². The van der Waals surface area contributed by atoms with Crippen molar-refractivity contribution in [3.05, 3.63) is 23.4 Å². The highest BCUT2D eigenvalue weighted by molar-refractivity contribution is 5.82. The molecular formula is C10H15NO. The van der Waals surface area contributed by atoms with E-state index in [4.69, 9.17) is 0 Å². The van der Waals surface area contributed by atoms with E-state index in [1.165, 1.54) is 0 Å². The Morgan fingerprint density at radius 3 is 2.58 bits per heavy atom. The van der Waals surface area contributed by atoms with Gasteiger partial charge in [-0.1, -0.05) is 18.6 Å². The van der Waals surface area contributed by atoms with Gasteiger partial charge in [-0.05, 0) is 19.9 Å². The van der Waals surface area contributed by atoms with Crippen LogP contribution in [0.2, 0.25) is 0 Å². The van der Waals surface area contributed by atoms with Crippen molar-refractivity contribution in [2.75, 3.05) is 7.05 Å². The molecule has 0 aliphatic carbocycles. The van der Waals surface area contributed by atoms with E-state index in [9.17, 15) is 4.79 Å². The minimum absolute atomic E-state index is 0.00343. The summed E-state index contributed by atoms with van der Waals surface area (Å²) in [6.45, 7) is 5.90. The highest BCUT2D eigenvalue weighted by Crippen LogP contribution is 2.17. The average molecular weight is 165 g/mol. The summed E-state index contributed by atoms with van der Waals surface area (Å²) in [5, 5.41) is 0. The Bertz CT molecular complexity index is 263. The highest BCUT2D eigenvalue weighted by atomic mass is 16.2. The summed E-state index contributed by atoms with van der Waals surface area (Å²) in [5.41, 5.74) is 2.18. The van der Waals surface area contributed by atoms with E-state index >= 15 is 0 Å². The summed E-state index contributed by atoms with van der Waals surface area (Å²) >= 11 is 0. The van der Waals surface area contributed by atoms with Gasteiger partial charge in [0.05, 0.1) is 5.92 Å². The van der Waals surface area contributed by atoms with Crippen LogP contribution in [0, 0.1) is 5.92 Å². The zero-order valence-corrected chi connectivity index (χ0v) is 8.09. The molecule has 0 aromatic rings. The van der Waals surface area contributed by atoms with Gasteiger partial charge in [-0.2, -0.15) is 0 Å². The molecule has 0 aromatic heterocycles. The van der Waals surface area contributed by atoms with E-state index < -0.39 is 0 Å². The van der Waals surface area contributed by atoms with Crippen LogP contribution >= 0.6 is 0 Å². The van der Waals surface area contributed by atoms with Crippen LogP contribution in [0.5, 0.6) is 0 Å². The molecule has 1 aliphatic heterocycles. The minimum atomic E-state index is 0.00343. The highest BCUT2D eigenvalue weighted by Gasteiger charge is 2.18. The molecule has 12 heavy (non-hydrogen) atoms. The fourth-order valence-corrected chi connectivity index (χ4v) is 1.42. The van der Waals surface area contributed by atoms with Crippen LogP contribution in [0.3, 0.4) is 0 Å². The lowest BCUT2D eigenvalue weighted by Crippen LogP contribution is -2.28. The van der Waals surface area contributed by atoms with Gasteiger partial charge >= 0.3 is 0 Å². The lowest BCUT2D eigenvalue weighted by Gasteiger charge is -2.18. The topological polar surface area (TPSA) is 20.3 Å². The number of rotatable bonds is 0. The molecule has 0 N–H and O–H groups in total. The molecule has 1 aliphatic rings. The molecule has 0 fully saturated rings. The van der Waals surface area contributed by atoms with Crippen LogP contribution in [-0.4, -0.2) is 17.9 Å². The molecular weight excluding hydrogens is 150 g/mol. The number of carbonyl (C=O) groups excluding carboxylic acids is 1. The predicted molar refractivity (Wildman–Crippen MR) is 49.4 cm³/mol. The van der Waals surface area contributed by atoms with Crippen molar-refractivity contribution in [2.45, 2.75) is 20.8 Å². The van der Waals surface area contributed by atoms with Crippen molar-refractivity contribution in [3.63, 3.8) is 0 Å². The second-order valence-electron chi connectivity index (χ2n) is 3.38. The van der Waals surface area contributed by atoms with Crippen molar-refractivity contribution in [2.24, 2.45) is 5.92 Å². The summed E-state index contributed by atoms with van der Waals surface area (Å²) in [6, 6.07) is 0. The fourth-order valence-electron chi connectivity index (χ4n) is 1.42. The van der Waals surface area contributed by atoms with Crippen LogP contribution in [0.1, 0.15) is 20.8 Å². The van der Waals surface area contributed by atoms with Crippen molar-refractivity contribution >= 4 is 5.91 Å². The summed E-state index contributed by atoms with van der Waals surface area (Å²) < 4.78 is 0. The molecule has 0 saturated heterocycles. The lowest BCUT2D eigenvalue weighted by molar-refractivity contribution is -0.130. The van der Waals surface area contributed by atoms with E-state index in [2.05, 4.69) is 0 Å². The van der Waals surface area contributed by atoms with E-state index in [0.29, 0.717) is 0 Å². The maximum atomic E-state index is 11.5. The Morgan fingerprint density at radius 1 is 1.42 bits per heavy atom. The molecule has 1 rings (SSSR count). The third-order valence-electron chi connectivity index (χ3n) is 2.20. The van der Waals surface area contributed by atoms with Crippen LogP contribution in [0.15, 0.2) is 23.4 Å². The number of allylic oxidation sites excluding steroid dienone is 3. The molecule has 1 heterocycles. The number of nitrogens with zero attached hydrogens (tertiary/aromatic N) is 1. The Hall–Kier alpha value is -1.05. The molecule has 2 heteroatoms. The van der Waals surface area contributed by atoms with Crippen molar-refractivity contribution in [1.82, 2.24) is 4.90 Å². The first-order chi connectivity index (χ1) is 5.52. The number of hydrogen-bond donors (Lipinski definition) is 0. The van der Waals surface area contributed by atoms with Gasteiger partial charge in [-0.15, -0.1) is 0 Å². The predicted octanol–water partition coefficient (Wildman–Crippen LogP) is 1.94. The third-order valence-corrected chi connectivity index (χ3v) is 2.20. The fraction of sp³-hybridized carbons (Fsp3) is 0.500. The molecule has 1 amide bonds. The molecule has 66 valence electrons. The number of carbonyl (C=O) groups is 1. The third kappa shape index (κ3) is 1.58. The van der Waals surface area contributed by atoms with Gasteiger partial charge in [0.15, 0.2) is 0 Å². The summed E-state index contributed by atoms with van der Waals surface area (Å²) in [5.74, 6) is 0.171. The Kier molecular flexibility index (Phi) is 2.36. The van der Waals surface area contributed by atoms with E-state index in [1.54, 1.807) is 4.90 Å². The zero-order valence-electron chi connectivity index (χ0n) is 8.09. The van der Waals surface area contributed by atoms with Gasteiger partial charge in [-0.3, -0.25) is 4.79 Å². The molecule has 1 atom stereocenters. The quantitative estimate of drug-likeness (QED) is 0.537. The Morgan fingerprint density at radius 2 is 2.00 bits per heavy atom. The van der Waals surface area contributed by atoms with E-state index in [-0.39, 0.29) is 11.8 Å². The zero-order chi connectivity index (χ0) is 9.30.